The van der Waals surface area contributed by atoms with E-state index in [1.165, 1.54) is 36.5 Å². The van der Waals surface area contributed by atoms with Crippen LogP contribution in [0.25, 0.3) is 22.2 Å². The summed E-state index contributed by atoms with van der Waals surface area (Å²) in [5, 5.41) is 3.59. The maximum atomic E-state index is 13.7. The van der Waals surface area contributed by atoms with Crippen LogP contribution in [0.4, 0.5) is 37.8 Å². The minimum atomic E-state index is -4.59. The van der Waals surface area contributed by atoms with Crippen molar-refractivity contribution in [3.05, 3.63) is 77.7 Å². The topological polar surface area (TPSA) is 53.9 Å². The summed E-state index contributed by atoms with van der Waals surface area (Å²) in [4.78, 5) is 15.5. The van der Waals surface area contributed by atoms with E-state index in [0.29, 0.717) is 40.7 Å². The molecule has 1 fully saturated rings. The van der Waals surface area contributed by atoms with Crippen molar-refractivity contribution < 1.29 is 26.3 Å². The van der Waals surface area contributed by atoms with Gasteiger partial charge in [0, 0.05) is 22.8 Å². The number of aromatic nitrogens is 3. The Morgan fingerprint density at radius 2 is 1.62 bits per heavy atom. The summed E-state index contributed by atoms with van der Waals surface area (Å²) in [5.41, 5.74) is -0.822. The zero-order valence-electron chi connectivity index (χ0n) is 20.9. The van der Waals surface area contributed by atoms with Crippen LogP contribution in [-0.2, 0) is 18.9 Å². The van der Waals surface area contributed by atoms with Crippen molar-refractivity contribution in [1.29, 1.82) is 0 Å². The third kappa shape index (κ3) is 6.13. The summed E-state index contributed by atoms with van der Waals surface area (Å²) in [5.74, 6) is 1.43. The predicted molar refractivity (Wildman–Crippen MR) is 136 cm³/mol. The minimum absolute atomic E-state index is 0.214. The second-order valence-corrected chi connectivity index (χ2v) is 9.78. The number of alkyl halides is 6. The molecule has 1 N–H and O–H groups in total. The zero-order chi connectivity index (χ0) is 27.8. The van der Waals surface area contributed by atoms with Crippen molar-refractivity contribution in [1.82, 2.24) is 19.9 Å². The second kappa shape index (κ2) is 10.4. The lowest BCUT2D eigenvalue weighted by Crippen LogP contribution is -2.33. The van der Waals surface area contributed by atoms with E-state index in [-0.39, 0.29) is 11.3 Å². The number of halogens is 6. The molecule has 11 heteroatoms. The number of likely N-dealkylation sites (tertiary alicyclic amines) is 1. The lowest BCUT2D eigenvalue weighted by atomic mass is 9.99. The summed E-state index contributed by atoms with van der Waals surface area (Å²) < 4.78 is 80.0. The Morgan fingerprint density at radius 1 is 0.897 bits per heavy atom. The largest absolute Gasteiger partial charge is 0.418 e. The van der Waals surface area contributed by atoms with E-state index in [9.17, 15) is 26.3 Å². The molecule has 39 heavy (non-hydrogen) atoms. The van der Waals surface area contributed by atoms with Crippen LogP contribution in [0.15, 0.2) is 60.8 Å². The number of piperidine rings is 1. The van der Waals surface area contributed by atoms with E-state index < -0.39 is 23.5 Å². The van der Waals surface area contributed by atoms with Crippen LogP contribution in [0, 0.1) is 5.92 Å². The first-order chi connectivity index (χ1) is 18.5. The highest BCUT2D eigenvalue weighted by molar-refractivity contribution is 5.93. The highest BCUT2D eigenvalue weighted by Gasteiger charge is 2.34. The van der Waals surface area contributed by atoms with Gasteiger partial charge in [-0.3, -0.25) is 9.88 Å². The summed E-state index contributed by atoms with van der Waals surface area (Å²) in [6.07, 6.45) is -5.68. The van der Waals surface area contributed by atoms with Crippen molar-refractivity contribution in [3.8, 4) is 11.3 Å². The quantitative estimate of drug-likeness (QED) is 0.261. The maximum Gasteiger partial charge on any atom is 0.418 e. The molecule has 0 atom stereocenters. The minimum Gasteiger partial charge on any atom is -0.340 e. The monoisotopic (exact) mass is 545 g/mol. The van der Waals surface area contributed by atoms with Gasteiger partial charge in [-0.25, -0.2) is 9.97 Å². The fraction of sp³-hybridized carbons (Fsp3) is 0.321. The first-order valence-corrected chi connectivity index (χ1v) is 12.5. The average Bonchev–Trinajstić information content (AvgIpc) is 2.89. The number of pyridine rings is 1. The number of benzene rings is 2. The first-order valence-electron chi connectivity index (χ1n) is 12.5. The molecule has 204 valence electrons. The Morgan fingerprint density at radius 3 is 2.28 bits per heavy atom. The average molecular weight is 546 g/mol. The molecule has 1 aliphatic heterocycles. The number of nitrogens with one attached hydrogen (secondary N) is 1. The standard InChI is InChI=1S/C28H25F6N5/c1-17-10-13-39(14-11-17)16-24-37-23-15-18(25-22(28(32,33)34)3-2-12-35-25)4-9-21(23)26(38-24)36-20-7-5-19(6-8-20)27(29,30)31/h2-9,12,15,17H,10-11,13-14,16H2,1H3,(H,36,37,38). The molecule has 0 saturated carbocycles. The van der Waals surface area contributed by atoms with Crippen molar-refractivity contribution in [3.63, 3.8) is 0 Å². The maximum absolute atomic E-state index is 13.7. The highest BCUT2D eigenvalue weighted by atomic mass is 19.4. The number of hydrogen-bond acceptors (Lipinski definition) is 5. The van der Waals surface area contributed by atoms with Crippen molar-refractivity contribution in [2.75, 3.05) is 18.4 Å². The van der Waals surface area contributed by atoms with E-state index in [4.69, 9.17) is 0 Å². The lowest BCUT2D eigenvalue weighted by Gasteiger charge is -2.29. The molecular formula is C28H25F6N5. The van der Waals surface area contributed by atoms with E-state index in [0.717, 1.165) is 44.1 Å². The van der Waals surface area contributed by atoms with Gasteiger partial charge in [-0.15, -0.1) is 0 Å². The fourth-order valence-corrected chi connectivity index (χ4v) is 4.65. The first kappa shape index (κ1) is 26.9. The van der Waals surface area contributed by atoms with E-state index in [1.807, 2.05) is 0 Å². The molecule has 2 aromatic carbocycles. The Bertz CT molecular complexity index is 1460. The Hall–Kier alpha value is -3.73. The number of nitrogens with zero attached hydrogens (tertiary/aromatic N) is 4. The molecule has 1 saturated heterocycles. The van der Waals surface area contributed by atoms with Crippen LogP contribution in [-0.4, -0.2) is 32.9 Å². The van der Waals surface area contributed by atoms with Gasteiger partial charge in [0.05, 0.1) is 28.9 Å². The molecule has 5 rings (SSSR count). The molecular weight excluding hydrogens is 520 g/mol. The SMILES string of the molecule is CC1CCN(Cc2nc(Nc3ccc(C(F)(F)F)cc3)c3ccc(-c4ncccc4C(F)(F)F)cc3n2)CC1. The third-order valence-corrected chi connectivity index (χ3v) is 6.85. The Balaban J connectivity index is 1.56. The van der Waals surface area contributed by atoms with Crippen LogP contribution in [0.3, 0.4) is 0 Å². The van der Waals surface area contributed by atoms with Gasteiger partial charge in [0.25, 0.3) is 0 Å². The highest BCUT2D eigenvalue weighted by Crippen LogP contribution is 2.37. The van der Waals surface area contributed by atoms with E-state index >= 15 is 0 Å². The molecule has 4 aromatic rings. The van der Waals surface area contributed by atoms with Crippen LogP contribution < -0.4 is 5.32 Å². The normalized spacial score (nSPS) is 15.6. The van der Waals surface area contributed by atoms with Gasteiger partial charge in [0.1, 0.15) is 11.6 Å². The van der Waals surface area contributed by atoms with Gasteiger partial charge < -0.3 is 5.32 Å². The third-order valence-electron chi connectivity index (χ3n) is 6.85. The number of hydrogen-bond donors (Lipinski definition) is 1. The van der Waals surface area contributed by atoms with Gasteiger partial charge >= 0.3 is 12.4 Å². The van der Waals surface area contributed by atoms with Gasteiger partial charge in [-0.2, -0.15) is 26.3 Å². The Kier molecular flexibility index (Phi) is 7.19. The number of fused-ring (bicyclic) bond motifs is 1. The molecule has 0 amide bonds. The van der Waals surface area contributed by atoms with Crippen molar-refractivity contribution in [2.24, 2.45) is 5.92 Å². The molecule has 1 aliphatic rings. The smallest absolute Gasteiger partial charge is 0.340 e. The van der Waals surface area contributed by atoms with Gasteiger partial charge in [0.2, 0.25) is 0 Å². The summed E-state index contributed by atoms with van der Waals surface area (Å²) >= 11 is 0. The predicted octanol–water partition coefficient (Wildman–Crippen LogP) is 7.70. The van der Waals surface area contributed by atoms with Gasteiger partial charge in [-0.05, 0) is 80.4 Å². The van der Waals surface area contributed by atoms with E-state index in [2.05, 4.69) is 32.1 Å². The number of rotatable bonds is 5. The second-order valence-electron chi connectivity index (χ2n) is 9.78. The van der Waals surface area contributed by atoms with Crippen molar-refractivity contribution >= 4 is 22.4 Å². The molecule has 0 radical (unpaired) electrons. The van der Waals surface area contributed by atoms with E-state index in [1.54, 1.807) is 6.07 Å². The van der Waals surface area contributed by atoms with Gasteiger partial charge in [0.15, 0.2) is 0 Å². The van der Waals surface area contributed by atoms with Crippen molar-refractivity contribution in [2.45, 2.75) is 38.7 Å². The summed E-state index contributed by atoms with van der Waals surface area (Å²) in [6.45, 7) is 4.37. The van der Waals surface area contributed by atoms with Gasteiger partial charge in [-0.1, -0.05) is 13.0 Å². The van der Waals surface area contributed by atoms with Crippen LogP contribution in [0.5, 0.6) is 0 Å². The number of anilines is 2. The Labute approximate surface area is 220 Å². The zero-order valence-corrected chi connectivity index (χ0v) is 20.9. The molecule has 5 nitrogen and oxygen atoms in total. The molecule has 0 aliphatic carbocycles. The molecule has 0 unspecified atom stereocenters. The summed E-state index contributed by atoms with van der Waals surface area (Å²) in [7, 11) is 0. The van der Waals surface area contributed by atoms with Crippen LogP contribution in [0.1, 0.15) is 36.7 Å². The van der Waals surface area contributed by atoms with Crippen LogP contribution in [0.2, 0.25) is 0 Å². The molecule has 3 heterocycles. The fourth-order valence-electron chi connectivity index (χ4n) is 4.65. The molecule has 0 bridgehead atoms. The summed E-state index contributed by atoms with van der Waals surface area (Å²) in [6, 6.07) is 11.4. The lowest BCUT2D eigenvalue weighted by molar-refractivity contribution is -0.138. The molecule has 0 spiro atoms. The molecule has 2 aromatic heterocycles. The van der Waals surface area contributed by atoms with Crippen LogP contribution >= 0.6 is 0 Å².